The number of carbonyl (C=O) groups excluding carboxylic acids is 2. The van der Waals surface area contributed by atoms with E-state index in [2.05, 4.69) is 20.6 Å². The third-order valence-electron chi connectivity index (χ3n) is 4.11. The highest BCUT2D eigenvalue weighted by atomic mass is 16.4. The van der Waals surface area contributed by atoms with Crippen LogP contribution in [-0.4, -0.2) is 43.8 Å². The number of carboxylic acid groups (broad SMARTS) is 1. The van der Waals surface area contributed by atoms with E-state index >= 15 is 0 Å². The number of amides is 3. The number of carbonyl (C=O) groups is 3. The summed E-state index contributed by atoms with van der Waals surface area (Å²) in [6.07, 6.45) is 0.939. The molecule has 0 atom stereocenters. The molecule has 0 spiro atoms. The zero-order chi connectivity index (χ0) is 21.1. The molecule has 3 aromatic rings. The maximum Gasteiger partial charge on any atom is 0.316 e. The number of aromatic amines is 2. The average Bonchev–Trinajstić information content (AvgIpc) is 3.22. The molecule has 11 heteroatoms. The molecule has 0 fully saturated rings. The number of hydrogen-bond acceptors (Lipinski definition) is 5. The van der Waals surface area contributed by atoms with Crippen molar-refractivity contribution in [3.63, 3.8) is 0 Å². The molecule has 1 aromatic carbocycles. The first-order chi connectivity index (χ1) is 13.7. The van der Waals surface area contributed by atoms with Crippen molar-refractivity contribution >= 4 is 40.2 Å². The molecule has 9 N–H and O–H groups in total. The molecule has 0 aliphatic carbocycles. The number of carboxylic acids is 1. The van der Waals surface area contributed by atoms with E-state index in [1.807, 2.05) is 0 Å². The highest BCUT2D eigenvalue weighted by Crippen LogP contribution is 2.31. The van der Waals surface area contributed by atoms with E-state index in [0.29, 0.717) is 27.8 Å². The lowest BCUT2D eigenvalue weighted by molar-refractivity contribution is -0.140. The van der Waals surface area contributed by atoms with Crippen molar-refractivity contribution in [1.82, 2.24) is 15.3 Å². The fourth-order valence-electron chi connectivity index (χ4n) is 2.87. The summed E-state index contributed by atoms with van der Waals surface area (Å²) in [7, 11) is 0. The van der Waals surface area contributed by atoms with Crippen LogP contribution in [0.4, 0.5) is 10.5 Å². The Bertz CT molecular complexity index is 1130. The Kier molecular flexibility index (Phi) is 5.21. The highest BCUT2D eigenvalue weighted by Gasteiger charge is 2.19. The van der Waals surface area contributed by atoms with Gasteiger partial charge in [0.05, 0.1) is 17.0 Å². The van der Waals surface area contributed by atoms with Crippen LogP contribution < -0.4 is 16.4 Å². The van der Waals surface area contributed by atoms with Gasteiger partial charge in [0, 0.05) is 29.3 Å². The summed E-state index contributed by atoms with van der Waals surface area (Å²) < 4.78 is 0. The molecule has 2 aromatic heterocycles. The minimum absolute atomic E-state index is 0.0203. The van der Waals surface area contributed by atoms with Crippen molar-refractivity contribution < 1.29 is 24.6 Å². The molecule has 11 nitrogen and oxygen atoms in total. The minimum Gasteiger partial charge on any atom is -0.494 e. The van der Waals surface area contributed by atoms with Crippen LogP contribution in [0.3, 0.4) is 0 Å². The largest absolute Gasteiger partial charge is 0.494 e. The van der Waals surface area contributed by atoms with Gasteiger partial charge in [-0.1, -0.05) is 0 Å². The van der Waals surface area contributed by atoms with E-state index < -0.39 is 24.3 Å². The monoisotopic (exact) mass is 398 g/mol. The van der Waals surface area contributed by atoms with E-state index in [4.69, 9.17) is 16.2 Å². The smallest absolute Gasteiger partial charge is 0.316 e. The predicted octanol–water partition coefficient (Wildman–Crippen LogP) is 1.20. The number of nitrogens with two attached hydrogens (primary N) is 1. The number of aliphatic carboxylic acids is 1. The van der Waals surface area contributed by atoms with Crippen LogP contribution in [0, 0.1) is 5.41 Å². The summed E-state index contributed by atoms with van der Waals surface area (Å²) in [6.45, 7) is 0.0858. The first-order valence-corrected chi connectivity index (χ1v) is 8.41. The van der Waals surface area contributed by atoms with Gasteiger partial charge in [-0.15, -0.1) is 0 Å². The third-order valence-corrected chi connectivity index (χ3v) is 4.11. The minimum atomic E-state index is -1.22. The molecule has 150 valence electrons. The highest BCUT2D eigenvalue weighted by molar-refractivity contribution is 6.19. The number of benzene rings is 1. The van der Waals surface area contributed by atoms with E-state index in [-0.39, 0.29) is 23.7 Å². The fraction of sp³-hybridized carbons (Fsp3) is 0.111. The van der Waals surface area contributed by atoms with Crippen LogP contribution in [-0.2, 0) is 16.1 Å². The number of rotatable bonds is 7. The van der Waals surface area contributed by atoms with Gasteiger partial charge in [-0.2, -0.15) is 0 Å². The van der Waals surface area contributed by atoms with Crippen LogP contribution in [0.25, 0.3) is 10.9 Å². The normalized spacial score (nSPS) is 10.6. The van der Waals surface area contributed by atoms with Crippen LogP contribution in [0.1, 0.15) is 23.2 Å². The zero-order valence-electron chi connectivity index (χ0n) is 15.0. The average molecular weight is 398 g/mol. The molecule has 3 rings (SSSR count). The fourth-order valence-corrected chi connectivity index (χ4v) is 2.87. The van der Waals surface area contributed by atoms with E-state index in [1.54, 1.807) is 30.5 Å². The number of H-pyrrole nitrogens is 2. The molecule has 0 unspecified atom stereocenters. The van der Waals surface area contributed by atoms with Crippen molar-refractivity contribution in [1.29, 1.82) is 5.41 Å². The SMILES string of the molecule is N=C(c1cc(CNC(=O)CC(=O)O)c[nH]1)c1c(O)[nH]c2ccc(NC(N)=O)cc12. The lowest BCUT2D eigenvalue weighted by Crippen LogP contribution is -2.24. The lowest BCUT2D eigenvalue weighted by atomic mass is 10.0. The molecule has 0 radical (unpaired) electrons. The van der Waals surface area contributed by atoms with E-state index in [9.17, 15) is 19.5 Å². The van der Waals surface area contributed by atoms with Gasteiger partial charge in [-0.05, 0) is 29.8 Å². The summed E-state index contributed by atoms with van der Waals surface area (Å²) in [4.78, 5) is 38.7. The van der Waals surface area contributed by atoms with Crippen LogP contribution >= 0.6 is 0 Å². The van der Waals surface area contributed by atoms with Gasteiger partial charge in [0.2, 0.25) is 5.91 Å². The first kappa shape index (κ1) is 19.5. The Morgan fingerprint density at radius 3 is 2.66 bits per heavy atom. The summed E-state index contributed by atoms with van der Waals surface area (Å²) in [5.41, 5.74) is 7.29. The topological polar surface area (TPSA) is 197 Å². The summed E-state index contributed by atoms with van der Waals surface area (Å²) in [6, 6.07) is 5.68. The molecule has 3 amide bonds. The molecule has 29 heavy (non-hydrogen) atoms. The number of aromatic hydroxyl groups is 1. The van der Waals surface area contributed by atoms with Gasteiger partial charge in [0.25, 0.3) is 0 Å². The Balaban J connectivity index is 1.83. The zero-order valence-corrected chi connectivity index (χ0v) is 15.0. The summed E-state index contributed by atoms with van der Waals surface area (Å²) in [5, 5.41) is 32.7. The second-order valence-corrected chi connectivity index (χ2v) is 6.24. The molecule has 0 saturated carbocycles. The van der Waals surface area contributed by atoms with E-state index in [1.165, 1.54) is 0 Å². The summed E-state index contributed by atoms with van der Waals surface area (Å²) >= 11 is 0. The number of anilines is 1. The van der Waals surface area contributed by atoms with Crippen molar-refractivity contribution in [3.8, 4) is 5.88 Å². The second kappa shape index (κ2) is 7.76. The Morgan fingerprint density at radius 2 is 1.97 bits per heavy atom. The van der Waals surface area contributed by atoms with Crippen LogP contribution in [0.2, 0.25) is 0 Å². The third kappa shape index (κ3) is 4.35. The van der Waals surface area contributed by atoms with Gasteiger partial charge < -0.3 is 36.5 Å². The van der Waals surface area contributed by atoms with Gasteiger partial charge in [0.1, 0.15) is 6.42 Å². The number of aromatic nitrogens is 2. The van der Waals surface area contributed by atoms with Crippen molar-refractivity contribution in [2.24, 2.45) is 5.73 Å². The predicted molar refractivity (Wildman–Crippen MR) is 104 cm³/mol. The molecule has 0 aliphatic rings. The molecule has 2 heterocycles. The number of urea groups is 1. The van der Waals surface area contributed by atoms with Gasteiger partial charge in [-0.25, -0.2) is 4.79 Å². The van der Waals surface area contributed by atoms with Gasteiger partial charge in [0.15, 0.2) is 5.88 Å². The van der Waals surface area contributed by atoms with Gasteiger partial charge >= 0.3 is 12.0 Å². The maximum absolute atomic E-state index is 11.4. The quantitative estimate of drug-likeness (QED) is 0.218. The van der Waals surface area contributed by atoms with Crippen LogP contribution in [0.5, 0.6) is 5.88 Å². The van der Waals surface area contributed by atoms with Crippen LogP contribution in [0.15, 0.2) is 30.5 Å². The Hall–Kier alpha value is -4.28. The number of hydrogen-bond donors (Lipinski definition) is 8. The molecular weight excluding hydrogens is 380 g/mol. The number of fused-ring (bicyclic) bond motifs is 1. The number of primary amides is 1. The lowest BCUT2D eigenvalue weighted by Gasteiger charge is -2.04. The Labute approximate surface area is 163 Å². The van der Waals surface area contributed by atoms with E-state index in [0.717, 1.165) is 0 Å². The number of nitrogens with one attached hydrogen (secondary N) is 5. The molecule has 0 bridgehead atoms. The molecule has 0 saturated heterocycles. The second-order valence-electron chi connectivity index (χ2n) is 6.24. The Morgan fingerprint density at radius 1 is 1.21 bits per heavy atom. The molecular formula is C18H18N6O5. The standard InChI is InChI=1S/C18H18N6O5/c19-16(12-3-8(6-21-12)7-22-13(25)5-14(26)27)15-10-4-9(23-18(20)29)1-2-11(10)24-17(15)28/h1-4,6,19,21,24,28H,5,7H2,(H,22,25)(H,26,27)(H3,20,23,29). The van der Waals surface area contributed by atoms with Crippen molar-refractivity contribution in [2.45, 2.75) is 13.0 Å². The first-order valence-electron chi connectivity index (χ1n) is 8.41. The summed E-state index contributed by atoms with van der Waals surface area (Å²) in [5.74, 6) is -2.06. The molecule has 0 aliphatic heterocycles. The van der Waals surface area contributed by atoms with Gasteiger partial charge in [-0.3, -0.25) is 15.0 Å². The maximum atomic E-state index is 11.4. The van der Waals surface area contributed by atoms with Crippen molar-refractivity contribution in [2.75, 3.05) is 5.32 Å². The van der Waals surface area contributed by atoms with Crippen molar-refractivity contribution in [3.05, 3.63) is 47.3 Å².